The summed E-state index contributed by atoms with van der Waals surface area (Å²) in [7, 11) is 0. The number of hydrogen-bond acceptors (Lipinski definition) is 4. The Labute approximate surface area is 95.4 Å². The van der Waals surface area contributed by atoms with Crippen LogP contribution in [0.2, 0.25) is 0 Å². The molecule has 1 atom stereocenters. The van der Waals surface area contributed by atoms with Gasteiger partial charge in [-0.2, -0.15) is 0 Å². The normalized spacial score (nSPS) is 22.9. The van der Waals surface area contributed by atoms with Gasteiger partial charge in [-0.25, -0.2) is 4.79 Å². The van der Waals surface area contributed by atoms with E-state index >= 15 is 0 Å². The molecule has 92 valence electrons. The minimum absolute atomic E-state index is 0.0337. The van der Waals surface area contributed by atoms with E-state index in [2.05, 4.69) is 0 Å². The lowest BCUT2D eigenvalue weighted by molar-refractivity contribution is -0.120. The first-order valence-corrected chi connectivity index (χ1v) is 5.45. The van der Waals surface area contributed by atoms with Gasteiger partial charge >= 0.3 is 6.09 Å². The zero-order valence-electron chi connectivity index (χ0n) is 10.0. The topological polar surface area (TPSA) is 66.8 Å². The number of nitrogens with zero attached hydrogens (tertiary/aromatic N) is 1. The maximum Gasteiger partial charge on any atom is 0.410 e. The van der Waals surface area contributed by atoms with Crippen molar-refractivity contribution in [3.63, 3.8) is 0 Å². The van der Waals surface area contributed by atoms with Crippen molar-refractivity contribution in [2.75, 3.05) is 13.1 Å². The fourth-order valence-electron chi connectivity index (χ4n) is 1.51. The molecule has 0 unspecified atom stereocenters. The van der Waals surface area contributed by atoms with Crippen LogP contribution >= 0.6 is 0 Å². The van der Waals surface area contributed by atoms with Crippen molar-refractivity contribution in [3.05, 3.63) is 0 Å². The molecule has 0 aromatic carbocycles. The molecule has 1 N–H and O–H groups in total. The van der Waals surface area contributed by atoms with E-state index < -0.39 is 17.8 Å². The Bertz CT molecular complexity index is 282. The number of rotatable bonds is 0. The van der Waals surface area contributed by atoms with Gasteiger partial charge in [-0.3, -0.25) is 4.79 Å². The van der Waals surface area contributed by atoms with Crippen molar-refractivity contribution >= 4 is 11.9 Å². The van der Waals surface area contributed by atoms with Gasteiger partial charge < -0.3 is 14.7 Å². The largest absolute Gasteiger partial charge is 0.444 e. The molecule has 0 aliphatic carbocycles. The molecule has 16 heavy (non-hydrogen) atoms. The predicted molar refractivity (Wildman–Crippen MR) is 58.1 cm³/mol. The molecule has 0 spiro atoms. The number of aliphatic hydroxyl groups excluding tert-OH is 1. The summed E-state index contributed by atoms with van der Waals surface area (Å²) in [5, 5.41) is 9.39. The molecular weight excluding hydrogens is 210 g/mol. The summed E-state index contributed by atoms with van der Waals surface area (Å²) in [5.41, 5.74) is -0.564. The monoisotopic (exact) mass is 229 g/mol. The van der Waals surface area contributed by atoms with E-state index in [1.807, 2.05) is 0 Å². The summed E-state index contributed by atoms with van der Waals surface area (Å²) in [6.45, 7) is 5.73. The van der Waals surface area contributed by atoms with Crippen LogP contribution in [0.4, 0.5) is 4.79 Å². The van der Waals surface area contributed by atoms with Crippen molar-refractivity contribution in [1.82, 2.24) is 4.90 Å². The molecule has 1 aliphatic heterocycles. The first kappa shape index (κ1) is 13.0. The van der Waals surface area contributed by atoms with Crippen LogP contribution in [0, 0.1) is 0 Å². The van der Waals surface area contributed by atoms with E-state index in [-0.39, 0.29) is 18.7 Å². The van der Waals surface area contributed by atoms with Crippen LogP contribution < -0.4 is 0 Å². The Morgan fingerprint density at radius 3 is 2.69 bits per heavy atom. The number of carbonyl (C=O) groups is 2. The molecule has 1 amide bonds. The third-order valence-electron chi connectivity index (χ3n) is 2.21. The van der Waals surface area contributed by atoms with E-state index in [0.717, 1.165) is 0 Å². The number of Topliss-reactive ketones (excluding diaryl/α,β-unsaturated/α-hetero) is 1. The van der Waals surface area contributed by atoms with Crippen molar-refractivity contribution in [3.8, 4) is 0 Å². The molecule has 5 nitrogen and oxygen atoms in total. The SMILES string of the molecule is CC(C)(C)OC(=O)N1CC[C@H](O)CC(=O)C1. The quantitative estimate of drug-likeness (QED) is 0.671. The number of hydrogen-bond donors (Lipinski definition) is 1. The minimum atomic E-state index is -0.639. The molecule has 5 heteroatoms. The highest BCUT2D eigenvalue weighted by molar-refractivity contribution is 5.84. The van der Waals surface area contributed by atoms with E-state index in [4.69, 9.17) is 4.74 Å². The number of ether oxygens (including phenoxy) is 1. The second kappa shape index (κ2) is 4.82. The molecule has 1 heterocycles. The molecule has 1 saturated heterocycles. The highest BCUT2D eigenvalue weighted by atomic mass is 16.6. The summed E-state index contributed by atoms with van der Waals surface area (Å²) < 4.78 is 5.17. The second-order valence-corrected chi connectivity index (χ2v) is 5.09. The zero-order valence-corrected chi connectivity index (χ0v) is 10.0. The van der Waals surface area contributed by atoms with E-state index in [9.17, 15) is 14.7 Å². The third-order valence-corrected chi connectivity index (χ3v) is 2.21. The lowest BCUT2D eigenvalue weighted by Crippen LogP contribution is -2.39. The van der Waals surface area contributed by atoms with E-state index in [0.29, 0.717) is 13.0 Å². The van der Waals surface area contributed by atoms with Gasteiger partial charge in [0.2, 0.25) is 0 Å². The number of amides is 1. The van der Waals surface area contributed by atoms with Crippen molar-refractivity contribution in [2.24, 2.45) is 0 Å². The van der Waals surface area contributed by atoms with Gasteiger partial charge in [0.25, 0.3) is 0 Å². The summed E-state index contributed by atoms with van der Waals surface area (Å²) in [4.78, 5) is 24.4. The summed E-state index contributed by atoms with van der Waals surface area (Å²) >= 11 is 0. The number of likely N-dealkylation sites (tertiary alicyclic amines) is 1. The Kier molecular flexibility index (Phi) is 3.91. The summed E-state index contributed by atoms with van der Waals surface area (Å²) in [5.74, 6) is -0.129. The van der Waals surface area contributed by atoms with Crippen LogP contribution in [0.25, 0.3) is 0 Å². The molecular formula is C11H19NO4. The zero-order chi connectivity index (χ0) is 12.3. The maximum absolute atomic E-state index is 11.7. The van der Waals surface area contributed by atoms with Crippen LogP contribution in [0.15, 0.2) is 0 Å². The second-order valence-electron chi connectivity index (χ2n) is 5.09. The molecule has 0 bridgehead atoms. The Balaban J connectivity index is 2.59. The summed E-state index contributed by atoms with van der Waals surface area (Å²) in [6.07, 6.45) is -0.584. The van der Waals surface area contributed by atoms with Gasteiger partial charge in [-0.05, 0) is 27.2 Å². The van der Waals surface area contributed by atoms with Gasteiger partial charge in [0.15, 0.2) is 5.78 Å². The first-order valence-electron chi connectivity index (χ1n) is 5.45. The van der Waals surface area contributed by atoms with Crippen molar-refractivity contribution < 1.29 is 19.4 Å². The van der Waals surface area contributed by atoms with Gasteiger partial charge in [0, 0.05) is 13.0 Å². The minimum Gasteiger partial charge on any atom is -0.444 e. The Hall–Kier alpha value is -1.10. The lowest BCUT2D eigenvalue weighted by atomic mass is 10.1. The predicted octanol–water partition coefficient (Wildman–Crippen LogP) is 0.947. The van der Waals surface area contributed by atoms with Crippen LogP contribution in [-0.4, -0.2) is 46.7 Å². The third kappa shape index (κ3) is 4.18. The molecule has 0 saturated carbocycles. The number of ketones is 1. The maximum atomic E-state index is 11.7. The van der Waals surface area contributed by atoms with Gasteiger partial charge in [-0.1, -0.05) is 0 Å². The fourth-order valence-corrected chi connectivity index (χ4v) is 1.51. The summed E-state index contributed by atoms with van der Waals surface area (Å²) in [6, 6.07) is 0. The highest BCUT2D eigenvalue weighted by Crippen LogP contribution is 2.13. The van der Waals surface area contributed by atoms with E-state index in [1.165, 1.54) is 4.90 Å². The van der Waals surface area contributed by atoms with Gasteiger partial charge in [0.1, 0.15) is 5.60 Å². The highest BCUT2D eigenvalue weighted by Gasteiger charge is 2.27. The standard InChI is InChI=1S/C11H19NO4/c1-11(2,3)16-10(15)12-5-4-8(13)6-9(14)7-12/h8,13H,4-7H2,1-3H3/t8-/m0/s1. The molecule has 0 radical (unpaired) electrons. The van der Waals surface area contributed by atoms with Crippen LogP contribution in [0.5, 0.6) is 0 Å². The molecule has 1 fully saturated rings. The number of carbonyl (C=O) groups excluding carboxylic acids is 2. The van der Waals surface area contributed by atoms with Gasteiger partial charge in [0.05, 0.1) is 12.6 Å². The average Bonchev–Trinajstić information content (AvgIpc) is 2.23. The van der Waals surface area contributed by atoms with Crippen molar-refractivity contribution in [2.45, 2.75) is 45.3 Å². The Morgan fingerprint density at radius 1 is 1.50 bits per heavy atom. The van der Waals surface area contributed by atoms with Crippen molar-refractivity contribution in [1.29, 1.82) is 0 Å². The van der Waals surface area contributed by atoms with Gasteiger partial charge in [-0.15, -0.1) is 0 Å². The average molecular weight is 229 g/mol. The fraction of sp³-hybridized carbons (Fsp3) is 0.818. The lowest BCUT2D eigenvalue weighted by Gasteiger charge is -2.25. The molecule has 0 aromatic rings. The first-order chi connectivity index (χ1) is 7.28. The van der Waals surface area contributed by atoms with Crippen LogP contribution in [-0.2, 0) is 9.53 Å². The van der Waals surface area contributed by atoms with Crippen LogP contribution in [0.3, 0.4) is 0 Å². The number of aliphatic hydroxyl groups is 1. The smallest absolute Gasteiger partial charge is 0.410 e. The Morgan fingerprint density at radius 2 is 2.12 bits per heavy atom. The molecule has 1 rings (SSSR count). The molecule has 1 aliphatic rings. The van der Waals surface area contributed by atoms with E-state index in [1.54, 1.807) is 20.8 Å². The van der Waals surface area contributed by atoms with Crippen LogP contribution in [0.1, 0.15) is 33.6 Å². The molecule has 0 aromatic heterocycles.